The standard InChI is InChI=1S/C14H19N5O2.F5P.FH/c1-18(2)14(19-7-9-20-10-8-19)21-17-13(11-15)12-5-3-4-6-16-12;1-6(2,3,4)5;/h3-6,14H,7-10H2,1-2H3;;1H/p-1. The smallest absolute Gasteiger partial charge is 1.00 e. The minimum atomic E-state index is -8.55. The maximum absolute atomic E-state index is 9.84. The van der Waals surface area contributed by atoms with E-state index in [0.717, 1.165) is 13.1 Å². The van der Waals surface area contributed by atoms with Crippen LogP contribution in [0, 0.1) is 11.3 Å². The van der Waals surface area contributed by atoms with Gasteiger partial charge >= 0.3 is 29.1 Å². The summed E-state index contributed by atoms with van der Waals surface area (Å²) in [7, 11) is -4.74. The summed E-state index contributed by atoms with van der Waals surface area (Å²) in [6.07, 6.45) is 1.29. The Bertz CT molecular complexity index is 643. The predicted octanol–water partition coefficient (Wildman–Crippen LogP) is 0.469. The monoisotopic (exact) mass is 434 g/mol. The average Bonchev–Trinajstić information content (AvgIpc) is 2.58. The minimum absolute atomic E-state index is 0. The molecule has 28 heavy (non-hydrogen) atoms. The summed E-state index contributed by atoms with van der Waals surface area (Å²) >= 11 is 0. The second kappa shape index (κ2) is 11.1. The third-order valence-corrected chi connectivity index (χ3v) is 3.05. The molecule has 2 rings (SSSR count). The topological polar surface area (TPSA) is 74.0 Å². The molecule has 1 aromatic heterocycles. The Morgan fingerprint density at radius 3 is 2.29 bits per heavy atom. The van der Waals surface area contributed by atoms with E-state index in [2.05, 4.69) is 15.0 Å². The number of ether oxygens (including phenoxy) is 1. The van der Waals surface area contributed by atoms with Crippen molar-refractivity contribution in [2.45, 2.75) is 6.35 Å². The van der Waals surface area contributed by atoms with Gasteiger partial charge in [-0.25, -0.2) is 4.90 Å². The van der Waals surface area contributed by atoms with Crippen LogP contribution in [0.15, 0.2) is 29.6 Å². The number of nitriles is 1. The number of aromatic nitrogens is 1. The van der Waals surface area contributed by atoms with Crippen LogP contribution in [0.3, 0.4) is 0 Å². The first-order valence-corrected chi connectivity index (χ1v) is 9.29. The summed E-state index contributed by atoms with van der Waals surface area (Å²) in [4.78, 5) is 13.7. The summed E-state index contributed by atoms with van der Waals surface area (Å²) in [6.45, 7) is 2.87. The van der Waals surface area contributed by atoms with Gasteiger partial charge < -0.3 is 14.3 Å². The Morgan fingerprint density at radius 1 is 1.29 bits per heavy atom. The van der Waals surface area contributed by atoms with Crippen LogP contribution >= 0.6 is 8.16 Å². The van der Waals surface area contributed by atoms with Gasteiger partial charge in [0.15, 0.2) is 0 Å². The van der Waals surface area contributed by atoms with Crippen molar-refractivity contribution in [2.75, 3.05) is 40.4 Å². The van der Waals surface area contributed by atoms with Gasteiger partial charge in [-0.2, -0.15) is 5.26 Å². The number of halogens is 6. The Labute approximate surface area is 158 Å². The summed E-state index contributed by atoms with van der Waals surface area (Å²) in [5.74, 6) is 0. The van der Waals surface area contributed by atoms with Crippen molar-refractivity contribution in [1.29, 1.82) is 5.26 Å². The summed E-state index contributed by atoms with van der Waals surface area (Å²) < 4.78 is 54.5. The van der Waals surface area contributed by atoms with Gasteiger partial charge in [-0.3, -0.25) is 9.88 Å². The van der Waals surface area contributed by atoms with Crippen LogP contribution in [0.5, 0.6) is 0 Å². The van der Waals surface area contributed by atoms with Crippen LogP contribution in [0.25, 0.3) is 0 Å². The number of hydrogen-bond donors (Lipinski definition) is 0. The summed E-state index contributed by atoms with van der Waals surface area (Å²) in [5.41, 5.74) is 0.662. The quantitative estimate of drug-likeness (QED) is 0.221. The van der Waals surface area contributed by atoms with Gasteiger partial charge in [0.25, 0.3) is 0 Å². The van der Waals surface area contributed by atoms with E-state index in [9.17, 15) is 26.2 Å². The molecule has 1 fully saturated rings. The third-order valence-electron chi connectivity index (χ3n) is 3.05. The number of pyridine rings is 1. The first-order valence-electron chi connectivity index (χ1n) is 7.60. The molecule has 1 aromatic rings. The SMILES string of the molecule is CN(C)C(ON=C(C#N)c1ccccn1)N1CCOCC1.FP(F)(F)(F)F.[F-]. The Hall–Kier alpha value is -2.00. The first kappa shape index (κ1) is 26.0. The van der Waals surface area contributed by atoms with Gasteiger partial charge in [0.05, 0.1) is 13.2 Å². The van der Waals surface area contributed by atoms with Gasteiger partial charge in [-0.15, -0.1) is 0 Å². The van der Waals surface area contributed by atoms with Gasteiger partial charge in [-0.1, -0.05) is 11.2 Å². The maximum Gasteiger partial charge on any atom is -1.00 e. The molecule has 2 heterocycles. The molecule has 0 aliphatic carbocycles. The maximum atomic E-state index is 9.84. The fraction of sp³-hybridized carbons (Fsp3) is 0.500. The first-order chi connectivity index (χ1) is 12.5. The van der Waals surface area contributed by atoms with Crippen molar-refractivity contribution in [3.63, 3.8) is 0 Å². The van der Waals surface area contributed by atoms with E-state index in [1.54, 1.807) is 24.4 Å². The van der Waals surface area contributed by atoms with Crippen molar-refractivity contribution in [3.8, 4) is 6.07 Å². The third kappa shape index (κ3) is 11.7. The zero-order valence-electron chi connectivity index (χ0n) is 15.0. The molecule has 1 saturated heterocycles. The molecule has 0 N–H and O–H groups in total. The van der Waals surface area contributed by atoms with Crippen LogP contribution in [0.4, 0.5) is 21.0 Å². The number of oxime groups is 1. The molecule has 160 valence electrons. The van der Waals surface area contributed by atoms with Crippen LogP contribution in [0.2, 0.25) is 0 Å². The second-order valence-corrected chi connectivity index (χ2v) is 6.73. The Balaban J connectivity index is 0.000000910. The molecular formula is C14H19F6N5O2P-. The fourth-order valence-corrected chi connectivity index (χ4v) is 2.01. The van der Waals surface area contributed by atoms with Crippen LogP contribution in [0.1, 0.15) is 5.69 Å². The summed E-state index contributed by atoms with van der Waals surface area (Å²) in [5, 5.41) is 13.2. The molecule has 0 saturated carbocycles. The van der Waals surface area contributed by atoms with Crippen molar-refractivity contribution in [2.24, 2.45) is 5.16 Å². The second-order valence-electron chi connectivity index (χ2n) is 5.45. The largest absolute Gasteiger partial charge is 1.00 e. The molecule has 0 spiro atoms. The molecule has 1 unspecified atom stereocenters. The van der Waals surface area contributed by atoms with Crippen molar-refractivity contribution in [3.05, 3.63) is 30.1 Å². The zero-order chi connectivity index (χ0) is 20.5. The van der Waals surface area contributed by atoms with Gasteiger partial charge in [0.1, 0.15) is 11.8 Å². The van der Waals surface area contributed by atoms with E-state index in [1.807, 2.05) is 25.1 Å². The van der Waals surface area contributed by atoms with E-state index in [1.165, 1.54) is 0 Å². The van der Waals surface area contributed by atoms with E-state index in [4.69, 9.17) is 9.57 Å². The molecular weight excluding hydrogens is 415 g/mol. The van der Waals surface area contributed by atoms with Gasteiger partial charge in [0.2, 0.25) is 12.1 Å². The van der Waals surface area contributed by atoms with Gasteiger partial charge in [-0.05, 0) is 26.2 Å². The molecule has 7 nitrogen and oxygen atoms in total. The molecule has 1 atom stereocenters. The molecule has 0 amide bonds. The molecule has 14 heteroatoms. The van der Waals surface area contributed by atoms with E-state index >= 15 is 0 Å². The van der Waals surface area contributed by atoms with Crippen molar-refractivity contribution < 1.29 is 35.3 Å². The molecule has 1 aliphatic rings. The molecule has 1 aliphatic heterocycles. The van der Waals surface area contributed by atoms with Crippen LogP contribution in [-0.2, 0) is 9.57 Å². The Kier molecular flexibility index (Phi) is 10.3. The number of morpholine rings is 1. The van der Waals surface area contributed by atoms with Crippen molar-refractivity contribution >= 4 is 13.9 Å². The summed E-state index contributed by atoms with van der Waals surface area (Å²) in [6, 6.07) is 7.34. The molecule has 0 aromatic carbocycles. The number of nitrogens with zero attached hydrogens (tertiary/aromatic N) is 5. The molecule has 0 bridgehead atoms. The zero-order valence-corrected chi connectivity index (χ0v) is 15.9. The Morgan fingerprint density at radius 2 is 1.86 bits per heavy atom. The van der Waals surface area contributed by atoms with E-state index in [0.29, 0.717) is 18.9 Å². The van der Waals surface area contributed by atoms with Crippen molar-refractivity contribution in [1.82, 2.24) is 14.8 Å². The number of rotatable bonds is 5. The number of hydrogen-bond acceptors (Lipinski definition) is 7. The van der Waals surface area contributed by atoms with Gasteiger partial charge in [0, 0.05) is 19.3 Å². The molecule has 0 radical (unpaired) electrons. The van der Waals surface area contributed by atoms with Crippen LogP contribution in [-0.4, -0.2) is 67.2 Å². The fourth-order valence-electron chi connectivity index (χ4n) is 2.01. The normalized spacial score (nSPS) is 17.8. The predicted molar refractivity (Wildman–Crippen MR) is 89.8 cm³/mol. The van der Waals surface area contributed by atoms with E-state index in [-0.39, 0.29) is 16.8 Å². The minimum Gasteiger partial charge on any atom is -1.00 e. The van der Waals surface area contributed by atoms with E-state index < -0.39 is 8.16 Å². The van der Waals surface area contributed by atoms with Crippen LogP contribution < -0.4 is 4.70 Å². The average molecular weight is 434 g/mol.